The fourth-order valence-corrected chi connectivity index (χ4v) is 4.02. The largest absolute Gasteiger partial charge is 0.457 e. The molecule has 4 rings (SSSR count). The Labute approximate surface area is 187 Å². The van der Waals surface area contributed by atoms with Crippen molar-refractivity contribution in [1.82, 2.24) is 5.32 Å². The Morgan fingerprint density at radius 3 is 2.52 bits per heavy atom. The molecule has 0 saturated heterocycles. The summed E-state index contributed by atoms with van der Waals surface area (Å²) in [7, 11) is 0. The molecule has 2 heterocycles. The predicted molar refractivity (Wildman–Crippen MR) is 124 cm³/mol. The Balaban J connectivity index is 1.72. The van der Waals surface area contributed by atoms with E-state index in [2.05, 4.69) is 37.0 Å². The van der Waals surface area contributed by atoms with Crippen LogP contribution in [0.5, 0.6) is 0 Å². The highest BCUT2D eigenvalue weighted by Gasteiger charge is 2.35. The van der Waals surface area contributed by atoms with Gasteiger partial charge < -0.3 is 14.6 Å². The lowest BCUT2D eigenvalue weighted by Gasteiger charge is -2.36. The molecule has 0 spiro atoms. The number of carbonyl (C=O) groups is 1. The number of nitriles is 1. The number of rotatable bonds is 6. The number of furan rings is 1. The van der Waals surface area contributed by atoms with E-state index in [0.29, 0.717) is 16.5 Å². The molecular weight excluding hydrogens is 406 g/mol. The summed E-state index contributed by atoms with van der Waals surface area (Å²) >= 11 is 4.55. The van der Waals surface area contributed by atoms with Crippen molar-refractivity contribution in [3.8, 4) is 17.4 Å². The smallest absolute Gasteiger partial charge is 0.266 e. The minimum absolute atomic E-state index is 0.0236. The zero-order chi connectivity index (χ0) is 21.8. The summed E-state index contributed by atoms with van der Waals surface area (Å²) in [5.74, 6) is 0.798. The average molecular weight is 430 g/mol. The van der Waals surface area contributed by atoms with Crippen LogP contribution in [0.15, 0.2) is 81.7 Å². The third-order valence-corrected chi connectivity index (χ3v) is 5.74. The number of benzene rings is 2. The average Bonchev–Trinajstić information content (AvgIpc) is 3.29. The molecule has 156 valence electrons. The fraction of sp³-hybridized carbons (Fsp3) is 0.200. The number of aryl methyl sites for hydroxylation is 1. The van der Waals surface area contributed by atoms with Gasteiger partial charge in [-0.15, -0.1) is 12.6 Å². The maximum absolute atomic E-state index is 12.5. The summed E-state index contributed by atoms with van der Waals surface area (Å²) in [6.45, 7) is 2.17. The highest BCUT2D eigenvalue weighted by molar-refractivity contribution is 7.84. The number of nitrogens with one attached hydrogen (secondary N) is 1. The molecule has 0 bridgehead atoms. The SMILES string of the molecule is CCCCc1ccc(N2C(S)=C(C#N)C(=O)NC2c2ccc(-c3ccccc3)o2)cc1. The van der Waals surface area contributed by atoms with Gasteiger partial charge in [0.25, 0.3) is 5.91 Å². The number of nitrogens with zero attached hydrogens (tertiary/aromatic N) is 2. The van der Waals surface area contributed by atoms with E-state index >= 15 is 0 Å². The molecule has 1 atom stereocenters. The Morgan fingerprint density at radius 1 is 1.10 bits per heavy atom. The van der Waals surface area contributed by atoms with Gasteiger partial charge in [-0.25, -0.2) is 0 Å². The molecule has 1 aromatic heterocycles. The summed E-state index contributed by atoms with van der Waals surface area (Å²) in [5.41, 5.74) is 2.99. The van der Waals surface area contributed by atoms with Crippen LogP contribution in [0, 0.1) is 11.3 Å². The molecule has 31 heavy (non-hydrogen) atoms. The molecule has 6 heteroatoms. The van der Waals surface area contributed by atoms with E-state index in [0.717, 1.165) is 30.5 Å². The fourth-order valence-electron chi connectivity index (χ4n) is 3.64. The monoisotopic (exact) mass is 429 g/mol. The molecule has 0 radical (unpaired) electrons. The second-order valence-electron chi connectivity index (χ2n) is 7.39. The normalized spacial score (nSPS) is 16.2. The lowest BCUT2D eigenvalue weighted by molar-refractivity contribution is -0.118. The third kappa shape index (κ3) is 4.23. The lowest BCUT2D eigenvalue weighted by Crippen LogP contribution is -2.45. The summed E-state index contributed by atoms with van der Waals surface area (Å²) in [6, 6.07) is 23.6. The van der Waals surface area contributed by atoms with Gasteiger partial charge in [0.1, 0.15) is 23.2 Å². The zero-order valence-corrected chi connectivity index (χ0v) is 18.1. The minimum atomic E-state index is -0.615. The van der Waals surface area contributed by atoms with Crippen LogP contribution >= 0.6 is 12.6 Å². The molecule has 1 aliphatic rings. The number of anilines is 1. The first kappa shape index (κ1) is 20.8. The van der Waals surface area contributed by atoms with Crippen molar-refractivity contribution in [2.24, 2.45) is 0 Å². The van der Waals surface area contributed by atoms with Crippen LogP contribution in [0.1, 0.15) is 37.3 Å². The van der Waals surface area contributed by atoms with Crippen molar-refractivity contribution in [3.05, 3.63) is 88.7 Å². The molecule has 1 unspecified atom stereocenters. The number of hydrogen-bond donors (Lipinski definition) is 2. The van der Waals surface area contributed by atoms with E-state index in [1.165, 1.54) is 5.56 Å². The van der Waals surface area contributed by atoms with Crippen molar-refractivity contribution in [3.63, 3.8) is 0 Å². The molecule has 5 nitrogen and oxygen atoms in total. The first-order valence-electron chi connectivity index (χ1n) is 10.3. The van der Waals surface area contributed by atoms with Crippen molar-refractivity contribution in [2.75, 3.05) is 4.90 Å². The maximum atomic E-state index is 12.5. The van der Waals surface area contributed by atoms with Crippen LogP contribution < -0.4 is 10.2 Å². The molecule has 0 aliphatic carbocycles. The van der Waals surface area contributed by atoms with Crippen LogP contribution in [-0.4, -0.2) is 5.91 Å². The van der Waals surface area contributed by atoms with Crippen molar-refractivity contribution >= 4 is 24.2 Å². The first-order valence-corrected chi connectivity index (χ1v) is 10.7. The Bertz CT molecular complexity index is 1140. The van der Waals surface area contributed by atoms with Gasteiger partial charge in [0, 0.05) is 11.3 Å². The summed E-state index contributed by atoms with van der Waals surface area (Å²) in [4.78, 5) is 14.4. The lowest BCUT2D eigenvalue weighted by atomic mass is 10.1. The number of thiol groups is 1. The van der Waals surface area contributed by atoms with Gasteiger partial charge in [0.2, 0.25) is 0 Å². The molecule has 1 amide bonds. The Kier molecular flexibility index (Phi) is 6.15. The van der Waals surface area contributed by atoms with Gasteiger partial charge in [0.05, 0.1) is 5.03 Å². The number of hydrogen-bond acceptors (Lipinski definition) is 5. The minimum Gasteiger partial charge on any atom is -0.457 e. The molecule has 0 saturated carbocycles. The topological polar surface area (TPSA) is 69.3 Å². The van der Waals surface area contributed by atoms with Gasteiger partial charge >= 0.3 is 0 Å². The molecule has 1 aliphatic heterocycles. The van der Waals surface area contributed by atoms with E-state index in [1.54, 1.807) is 0 Å². The highest BCUT2D eigenvalue weighted by atomic mass is 32.1. The zero-order valence-electron chi connectivity index (χ0n) is 17.2. The van der Waals surface area contributed by atoms with Crippen LogP contribution in [0.4, 0.5) is 5.69 Å². The summed E-state index contributed by atoms with van der Waals surface area (Å²) in [5, 5.41) is 12.7. The standard InChI is InChI=1S/C25H23N3O2S/c1-2-3-7-17-10-12-19(13-11-17)28-23(27-24(29)20(16-26)25(28)31)22-15-14-21(30-22)18-8-5-4-6-9-18/h4-6,8-15,23,31H,2-3,7H2,1H3,(H,27,29). The molecule has 2 aromatic carbocycles. The van der Waals surface area contributed by atoms with E-state index in [4.69, 9.17) is 4.42 Å². The van der Waals surface area contributed by atoms with Gasteiger partial charge in [0.15, 0.2) is 6.17 Å². The third-order valence-electron chi connectivity index (χ3n) is 5.30. The van der Waals surface area contributed by atoms with Crippen LogP contribution in [0.25, 0.3) is 11.3 Å². The quantitative estimate of drug-likeness (QED) is 0.501. The van der Waals surface area contributed by atoms with Crippen molar-refractivity contribution in [2.45, 2.75) is 32.4 Å². The van der Waals surface area contributed by atoms with E-state index < -0.39 is 12.1 Å². The molecule has 0 fully saturated rings. The van der Waals surface area contributed by atoms with Crippen LogP contribution in [0.2, 0.25) is 0 Å². The molecular formula is C25H23N3O2S. The number of unbranched alkanes of at least 4 members (excludes halogenated alkanes) is 1. The van der Waals surface area contributed by atoms with Crippen molar-refractivity contribution in [1.29, 1.82) is 5.26 Å². The number of amides is 1. The number of carbonyl (C=O) groups excluding carboxylic acids is 1. The van der Waals surface area contributed by atoms with Crippen LogP contribution in [0.3, 0.4) is 0 Å². The molecule has 3 aromatic rings. The Hall–Kier alpha value is -3.43. The van der Waals surface area contributed by atoms with E-state index in [-0.39, 0.29) is 5.57 Å². The predicted octanol–water partition coefficient (Wildman–Crippen LogP) is 5.59. The maximum Gasteiger partial charge on any atom is 0.266 e. The van der Waals surface area contributed by atoms with Crippen molar-refractivity contribution < 1.29 is 9.21 Å². The van der Waals surface area contributed by atoms with Gasteiger partial charge in [-0.2, -0.15) is 5.26 Å². The second-order valence-corrected chi connectivity index (χ2v) is 7.82. The summed E-state index contributed by atoms with van der Waals surface area (Å²) in [6.07, 6.45) is 2.67. The highest BCUT2D eigenvalue weighted by Crippen LogP contribution is 2.37. The van der Waals surface area contributed by atoms with E-state index in [1.807, 2.05) is 65.6 Å². The molecule has 1 N–H and O–H groups in total. The van der Waals surface area contributed by atoms with Crippen LogP contribution in [-0.2, 0) is 11.2 Å². The van der Waals surface area contributed by atoms with Gasteiger partial charge in [-0.05, 0) is 42.7 Å². The summed E-state index contributed by atoms with van der Waals surface area (Å²) < 4.78 is 6.11. The van der Waals surface area contributed by atoms with E-state index in [9.17, 15) is 10.1 Å². The van der Waals surface area contributed by atoms with Gasteiger partial charge in [-0.3, -0.25) is 4.79 Å². The Morgan fingerprint density at radius 2 is 1.84 bits per heavy atom. The van der Waals surface area contributed by atoms with Gasteiger partial charge in [-0.1, -0.05) is 55.8 Å². The first-order chi connectivity index (χ1) is 15.1. The second kappa shape index (κ2) is 9.15.